The second-order valence-electron chi connectivity index (χ2n) is 5.10. The van der Waals surface area contributed by atoms with Crippen LogP contribution in [-0.2, 0) is 4.57 Å². The largest absolute Gasteiger partial charge is 0.496 e. The SMILES string of the molecule is COc1cc(Br)ccc1P(=O)(c1ccccc1)c1ccccc1. The van der Waals surface area contributed by atoms with Crippen molar-refractivity contribution in [2.75, 3.05) is 7.11 Å². The second-order valence-corrected chi connectivity index (χ2v) is 8.75. The molecule has 116 valence electrons. The molecule has 0 heterocycles. The van der Waals surface area contributed by atoms with E-state index in [9.17, 15) is 4.57 Å². The van der Waals surface area contributed by atoms with E-state index in [1.165, 1.54) is 0 Å². The Morgan fingerprint density at radius 2 is 1.35 bits per heavy atom. The summed E-state index contributed by atoms with van der Waals surface area (Å²) in [4.78, 5) is 0. The first-order valence-electron chi connectivity index (χ1n) is 7.21. The van der Waals surface area contributed by atoms with E-state index in [-0.39, 0.29) is 0 Å². The number of halogens is 1. The van der Waals surface area contributed by atoms with Crippen LogP contribution in [0.3, 0.4) is 0 Å². The lowest BCUT2D eigenvalue weighted by Crippen LogP contribution is -2.26. The zero-order chi connectivity index (χ0) is 16.3. The maximum absolute atomic E-state index is 14.2. The summed E-state index contributed by atoms with van der Waals surface area (Å²) >= 11 is 3.45. The quantitative estimate of drug-likeness (QED) is 0.631. The summed E-state index contributed by atoms with van der Waals surface area (Å²) in [5.41, 5.74) is 0. The molecule has 23 heavy (non-hydrogen) atoms. The van der Waals surface area contributed by atoms with Crippen LogP contribution in [0.4, 0.5) is 0 Å². The summed E-state index contributed by atoms with van der Waals surface area (Å²) in [5, 5.41) is 2.30. The van der Waals surface area contributed by atoms with Crippen molar-refractivity contribution in [3.63, 3.8) is 0 Å². The Morgan fingerprint density at radius 1 is 0.826 bits per heavy atom. The van der Waals surface area contributed by atoms with Crippen molar-refractivity contribution in [2.45, 2.75) is 0 Å². The normalized spacial score (nSPS) is 11.2. The van der Waals surface area contributed by atoms with Crippen LogP contribution in [0, 0.1) is 0 Å². The van der Waals surface area contributed by atoms with E-state index in [0.717, 1.165) is 15.1 Å². The fourth-order valence-electron chi connectivity index (χ4n) is 2.61. The van der Waals surface area contributed by atoms with Gasteiger partial charge in [0.05, 0.1) is 12.4 Å². The molecular formula is C19H16BrO2P. The average molecular weight is 387 g/mol. The topological polar surface area (TPSA) is 26.3 Å². The molecule has 0 amide bonds. The first kappa shape index (κ1) is 16.0. The van der Waals surface area contributed by atoms with Crippen molar-refractivity contribution in [3.8, 4) is 5.75 Å². The van der Waals surface area contributed by atoms with Gasteiger partial charge in [-0.25, -0.2) is 0 Å². The van der Waals surface area contributed by atoms with Crippen molar-refractivity contribution in [1.82, 2.24) is 0 Å². The smallest absolute Gasteiger partial charge is 0.174 e. The summed E-state index contributed by atoms with van der Waals surface area (Å²) < 4.78 is 20.6. The summed E-state index contributed by atoms with van der Waals surface area (Å²) in [6.07, 6.45) is 0. The number of hydrogen-bond donors (Lipinski definition) is 0. The Morgan fingerprint density at radius 3 is 1.83 bits per heavy atom. The molecular weight excluding hydrogens is 371 g/mol. The van der Waals surface area contributed by atoms with Gasteiger partial charge < -0.3 is 9.30 Å². The van der Waals surface area contributed by atoms with E-state index in [0.29, 0.717) is 11.1 Å². The Labute approximate surface area is 144 Å². The average Bonchev–Trinajstić information content (AvgIpc) is 2.62. The van der Waals surface area contributed by atoms with Gasteiger partial charge >= 0.3 is 0 Å². The fraction of sp³-hybridized carbons (Fsp3) is 0.0526. The third-order valence-corrected chi connectivity index (χ3v) is 7.31. The molecule has 0 spiro atoms. The van der Waals surface area contributed by atoms with Gasteiger partial charge in [-0.3, -0.25) is 0 Å². The number of benzene rings is 3. The van der Waals surface area contributed by atoms with Crippen molar-refractivity contribution < 1.29 is 9.30 Å². The van der Waals surface area contributed by atoms with Gasteiger partial charge in [0.1, 0.15) is 5.75 Å². The number of hydrogen-bond acceptors (Lipinski definition) is 2. The summed E-state index contributed by atoms with van der Waals surface area (Å²) in [6, 6.07) is 24.8. The molecule has 2 nitrogen and oxygen atoms in total. The molecule has 0 fully saturated rings. The Hall–Kier alpha value is -1.83. The molecule has 4 heteroatoms. The van der Waals surface area contributed by atoms with Gasteiger partial charge in [0.15, 0.2) is 7.14 Å². The zero-order valence-corrected chi connectivity index (χ0v) is 15.1. The minimum absolute atomic E-state index is 0.621. The van der Waals surface area contributed by atoms with Crippen molar-refractivity contribution in [2.24, 2.45) is 0 Å². The molecule has 0 saturated heterocycles. The lowest BCUT2D eigenvalue weighted by molar-refractivity contribution is 0.417. The maximum Gasteiger partial charge on any atom is 0.174 e. The van der Waals surface area contributed by atoms with Gasteiger partial charge in [0.25, 0.3) is 0 Å². The maximum atomic E-state index is 14.2. The molecule has 0 radical (unpaired) electrons. The Bertz CT molecular complexity index is 804. The predicted octanol–water partition coefficient (Wildman–Crippen LogP) is 4.10. The van der Waals surface area contributed by atoms with E-state index in [2.05, 4.69) is 15.9 Å². The zero-order valence-electron chi connectivity index (χ0n) is 12.6. The molecule has 0 aliphatic carbocycles. The highest BCUT2D eigenvalue weighted by molar-refractivity contribution is 9.10. The molecule has 3 aromatic carbocycles. The van der Waals surface area contributed by atoms with E-state index >= 15 is 0 Å². The first-order chi connectivity index (χ1) is 11.2. The van der Waals surface area contributed by atoms with Gasteiger partial charge in [-0.2, -0.15) is 0 Å². The Kier molecular flexibility index (Phi) is 4.70. The van der Waals surface area contributed by atoms with Gasteiger partial charge in [0.2, 0.25) is 0 Å². The van der Waals surface area contributed by atoms with Gasteiger partial charge in [0, 0.05) is 15.1 Å². The van der Waals surface area contributed by atoms with E-state index in [1.54, 1.807) is 7.11 Å². The molecule has 0 N–H and O–H groups in total. The highest BCUT2D eigenvalue weighted by atomic mass is 79.9. The van der Waals surface area contributed by atoms with Crippen LogP contribution in [0.15, 0.2) is 83.3 Å². The standard InChI is InChI=1S/C19H16BrO2P/c1-22-18-14-15(20)12-13-19(18)23(21,16-8-4-2-5-9-16)17-10-6-3-7-11-17/h2-14H,1H3. The van der Waals surface area contributed by atoms with Gasteiger partial charge in [-0.15, -0.1) is 0 Å². The third-order valence-electron chi connectivity index (χ3n) is 3.72. The number of methoxy groups -OCH3 is 1. The monoisotopic (exact) mass is 386 g/mol. The van der Waals surface area contributed by atoms with E-state index in [4.69, 9.17) is 4.74 Å². The molecule has 0 aliphatic heterocycles. The highest BCUT2D eigenvalue weighted by Gasteiger charge is 2.32. The van der Waals surface area contributed by atoms with E-state index < -0.39 is 7.14 Å². The van der Waals surface area contributed by atoms with Crippen LogP contribution in [0.25, 0.3) is 0 Å². The molecule has 0 unspecified atom stereocenters. The lowest BCUT2D eigenvalue weighted by Gasteiger charge is -2.22. The predicted molar refractivity (Wildman–Crippen MR) is 100 cm³/mol. The molecule has 0 aliphatic rings. The molecule has 0 saturated carbocycles. The van der Waals surface area contributed by atoms with Gasteiger partial charge in [-0.1, -0.05) is 76.6 Å². The summed E-state index contributed by atoms with van der Waals surface area (Å²) in [7, 11) is -1.39. The summed E-state index contributed by atoms with van der Waals surface area (Å²) in [6.45, 7) is 0. The van der Waals surface area contributed by atoms with Crippen LogP contribution in [0.1, 0.15) is 0 Å². The van der Waals surface area contributed by atoms with Crippen LogP contribution >= 0.6 is 23.1 Å². The molecule has 3 aromatic rings. The minimum atomic E-state index is -3.00. The van der Waals surface area contributed by atoms with Crippen molar-refractivity contribution in [1.29, 1.82) is 0 Å². The van der Waals surface area contributed by atoms with Crippen LogP contribution in [0.5, 0.6) is 5.75 Å². The molecule has 0 bridgehead atoms. The van der Waals surface area contributed by atoms with Crippen molar-refractivity contribution in [3.05, 3.63) is 83.3 Å². The summed E-state index contributed by atoms with van der Waals surface area (Å²) in [5.74, 6) is 0.621. The third kappa shape index (κ3) is 2.99. The lowest BCUT2D eigenvalue weighted by atomic mass is 10.3. The van der Waals surface area contributed by atoms with Crippen LogP contribution < -0.4 is 20.7 Å². The number of rotatable bonds is 4. The molecule has 0 atom stereocenters. The van der Waals surface area contributed by atoms with Gasteiger partial charge in [-0.05, 0) is 18.2 Å². The molecule has 0 aromatic heterocycles. The van der Waals surface area contributed by atoms with Crippen molar-refractivity contribution >= 4 is 39.0 Å². The highest BCUT2D eigenvalue weighted by Crippen LogP contribution is 2.45. The fourth-order valence-corrected chi connectivity index (χ4v) is 5.74. The Balaban J connectivity index is 2.32. The second kappa shape index (κ2) is 6.74. The number of ether oxygens (including phenoxy) is 1. The van der Waals surface area contributed by atoms with E-state index in [1.807, 2.05) is 78.9 Å². The first-order valence-corrected chi connectivity index (χ1v) is 9.71. The van der Waals surface area contributed by atoms with Crippen LogP contribution in [0.2, 0.25) is 0 Å². The molecule has 3 rings (SSSR count). The van der Waals surface area contributed by atoms with Crippen LogP contribution in [-0.4, -0.2) is 7.11 Å². The minimum Gasteiger partial charge on any atom is -0.496 e.